The van der Waals surface area contributed by atoms with Crippen molar-refractivity contribution in [2.45, 2.75) is 13.3 Å². The van der Waals surface area contributed by atoms with Gasteiger partial charge in [-0.05, 0) is 37.6 Å². The Morgan fingerprint density at radius 1 is 1.32 bits per heavy atom. The summed E-state index contributed by atoms with van der Waals surface area (Å²) in [5.41, 5.74) is 10.2. The first-order valence-corrected chi connectivity index (χ1v) is 6.28. The van der Waals surface area contributed by atoms with Gasteiger partial charge in [0.2, 0.25) is 0 Å². The highest BCUT2D eigenvalue weighted by molar-refractivity contribution is 6.07. The Hall–Kier alpha value is -2.36. The Bertz CT molecular complexity index is 634. The standard InChI is InChI=1S/C15H15N3O/c1-10-5-6-11(9-17-10)15(19)18-8-7-12-13(16)3-2-4-14(12)18/h2-6,9H,7-8,16H2,1H3. The molecule has 0 saturated heterocycles. The molecule has 0 bridgehead atoms. The number of anilines is 2. The van der Waals surface area contributed by atoms with Crippen molar-refractivity contribution in [1.82, 2.24) is 4.98 Å². The quantitative estimate of drug-likeness (QED) is 0.792. The molecule has 3 rings (SSSR count). The van der Waals surface area contributed by atoms with Crippen molar-refractivity contribution in [3.63, 3.8) is 0 Å². The molecule has 1 aliphatic rings. The second kappa shape index (κ2) is 4.39. The highest BCUT2D eigenvalue weighted by atomic mass is 16.2. The highest BCUT2D eigenvalue weighted by Crippen LogP contribution is 2.32. The van der Waals surface area contributed by atoms with Crippen LogP contribution in [0.1, 0.15) is 21.6 Å². The number of nitrogen functional groups attached to an aromatic ring is 1. The van der Waals surface area contributed by atoms with Gasteiger partial charge in [0.15, 0.2) is 0 Å². The van der Waals surface area contributed by atoms with Crippen LogP contribution in [0.3, 0.4) is 0 Å². The first-order valence-electron chi connectivity index (χ1n) is 6.28. The Balaban J connectivity index is 1.95. The number of hydrogen-bond donors (Lipinski definition) is 1. The molecule has 0 fully saturated rings. The first-order chi connectivity index (χ1) is 9.16. The summed E-state index contributed by atoms with van der Waals surface area (Å²) >= 11 is 0. The lowest BCUT2D eigenvalue weighted by Crippen LogP contribution is -2.28. The Kier molecular flexibility index (Phi) is 2.71. The van der Waals surface area contributed by atoms with Crippen LogP contribution in [-0.2, 0) is 6.42 Å². The lowest BCUT2D eigenvalue weighted by atomic mass is 10.1. The molecule has 0 atom stereocenters. The molecule has 1 aliphatic heterocycles. The van der Waals surface area contributed by atoms with Crippen LogP contribution in [-0.4, -0.2) is 17.4 Å². The smallest absolute Gasteiger partial charge is 0.259 e. The van der Waals surface area contributed by atoms with Crippen molar-refractivity contribution in [1.29, 1.82) is 0 Å². The molecule has 2 heterocycles. The number of aromatic nitrogens is 1. The maximum absolute atomic E-state index is 12.5. The first kappa shape index (κ1) is 11.7. The molecule has 19 heavy (non-hydrogen) atoms. The van der Waals surface area contributed by atoms with Crippen LogP contribution in [0.5, 0.6) is 0 Å². The fraction of sp³-hybridized carbons (Fsp3) is 0.200. The molecule has 1 aromatic carbocycles. The molecule has 0 aliphatic carbocycles. The van der Waals surface area contributed by atoms with E-state index in [9.17, 15) is 4.79 Å². The molecule has 4 heteroatoms. The van der Waals surface area contributed by atoms with Gasteiger partial charge in [-0.2, -0.15) is 0 Å². The van der Waals surface area contributed by atoms with Gasteiger partial charge in [-0.1, -0.05) is 6.07 Å². The second-order valence-electron chi connectivity index (χ2n) is 4.74. The fourth-order valence-electron chi connectivity index (χ4n) is 2.42. The zero-order valence-corrected chi connectivity index (χ0v) is 10.8. The summed E-state index contributed by atoms with van der Waals surface area (Å²) in [5, 5.41) is 0. The third-order valence-electron chi connectivity index (χ3n) is 3.47. The minimum absolute atomic E-state index is 0.0168. The van der Waals surface area contributed by atoms with E-state index in [4.69, 9.17) is 5.73 Å². The third-order valence-corrected chi connectivity index (χ3v) is 3.47. The number of carbonyl (C=O) groups is 1. The summed E-state index contributed by atoms with van der Waals surface area (Å²) < 4.78 is 0. The lowest BCUT2D eigenvalue weighted by molar-refractivity contribution is 0.0989. The summed E-state index contributed by atoms with van der Waals surface area (Å²) in [6.07, 6.45) is 2.44. The normalized spacial score (nSPS) is 13.4. The average Bonchev–Trinajstić information content (AvgIpc) is 2.84. The van der Waals surface area contributed by atoms with Crippen molar-refractivity contribution >= 4 is 17.3 Å². The third kappa shape index (κ3) is 1.95. The highest BCUT2D eigenvalue weighted by Gasteiger charge is 2.26. The number of rotatable bonds is 1. The zero-order chi connectivity index (χ0) is 13.4. The number of nitrogens with zero attached hydrogens (tertiary/aromatic N) is 2. The number of hydrogen-bond acceptors (Lipinski definition) is 3. The van der Waals surface area contributed by atoms with Gasteiger partial charge < -0.3 is 10.6 Å². The predicted octanol–water partition coefficient (Wildman–Crippen LogP) is 2.18. The molecule has 2 N–H and O–H groups in total. The van der Waals surface area contributed by atoms with Crippen LogP contribution in [0.15, 0.2) is 36.5 Å². The van der Waals surface area contributed by atoms with E-state index < -0.39 is 0 Å². The van der Waals surface area contributed by atoms with E-state index in [2.05, 4.69) is 4.98 Å². The molecular weight excluding hydrogens is 238 g/mol. The number of benzene rings is 1. The summed E-state index contributed by atoms with van der Waals surface area (Å²) in [4.78, 5) is 18.4. The molecule has 2 aromatic rings. The van der Waals surface area contributed by atoms with E-state index >= 15 is 0 Å². The number of nitrogens with two attached hydrogens (primary N) is 1. The van der Waals surface area contributed by atoms with Crippen LogP contribution in [0.4, 0.5) is 11.4 Å². The summed E-state index contributed by atoms with van der Waals surface area (Å²) in [7, 11) is 0. The van der Waals surface area contributed by atoms with E-state index in [0.29, 0.717) is 12.1 Å². The van der Waals surface area contributed by atoms with Gasteiger partial charge in [-0.3, -0.25) is 9.78 Å². The largest absolute Gasteiger partial charge is 0.398 e. The van der Waals surface area contributed by atoms with E-state index in [1.165, 1.54) is 0 Å². The number of fused-ring (bicyclic) bond motifs is 1. The average molecular weight is 253 g/mol. The molecular formula is C15H15N3O. The van der Waals surface area contributed by atoms with Crippen molar-refractivity contribution in [3.05, 3.63) is 53.3 Å². The number of aryl methyl sites for hydroxylation is 1. The maximum atomic E-state index is 12.5. The van der Waals surface area contributed by atoms with Crippen molar-refractivity contribution in [3.8, 4) is 0 Å². The van der Waals surface area contributed by atoms with Crippen LogP contribution in [0, 0.1) is 6.92 Å². The molecule has 4 nitrogen and oxygen atoms in total. The minimum Gasteiger partial charge on any atom is -0.398 e. The van der Waals surface area contributed by atoms with E-state index in [0.717, 1.165) is 29.1 Å². The van der Waals surface area contributed by atoms with Gasteiger partial charge in [0.1, 0.15) is 0 Å². The Labute approximate surface area is 111 Å². The SMILES string of the molecule is Cc1ccc(C(=O)N2CCc3c(N)cccc32)cn1. The van der Waals surface area contributed by atoms with Gasteiger partial charge >= 0.3 is 0 Å². The zero-order valence-electron chi connectivity index (χ0n) is 10.8. The summed E-state index contributed by atoms with van der Waals surface area (Å²) in [6.45, 7) is 2.58. The van der Waals surface area contributed by atoms with Crippen LogP contribution in [0.2, 0.25) is 0 Å². The van der Waals surface area contributed by atoms with Crippen LogP contribution < -0.4 is 10.6 Å². The minimum atomic E-state index is -0.0168. The molecule has 96 valence electrons. The van der Waals surface area contributed by atoms with Crippen molar-refractivity contribution < 1.29 is 4.79 Å². The van der Waals surface area contributed by atoms with Gasteiger partial charge in [-0.15, -0.1) is 0 Å². The van der Waals surface area contributed by atoms with E-state index in [1.54, 1.807) is 11.1 Å². The molecule has 0 unspecified atom stereocenters. The number of carbonyl (C=O) groups excluding carboxylic acids is 1. The van der Waals surface area contributed by atoms with E-state index in [-0.39, 0.29) is 5.91 Å². The van der Waals surface area contributed by atoms with Gasteiger partial charge in [0.05, 0.1) is 5.56 Å². The number of pyridine rings is 1. The fourth-order valence-corrected chi connectivity index (χ4v) is 2.42. The summed E-state index contributed by atoms with van der Waals surface area (Å²) in [6, 6.07) is 9.37. The predicted molar refractivity (Wildman–Crippen MR) is 75.2 cm³/mol. The monoisotopic (exact) mass is 253 g/mol. The maximum Gasteiger partial charge on any atom is 0.259 e. The Morgan fingerprint density at radius 3 is 2.89 bits per heavy atom. The van der Waals surface area contributed by atoms with Crippen molar-refractivity contribution in [2.24, 2.45) is 0 Å². The van der Waals surface area contributed by atoms with Gasteiger partial charge in [0, 0.05) is 35.4 Å². The Morgan fingerprint density at radius 2 is 2.16 bits per heavy atom. The lowest BCUT2D eigenvalue weighted by Gasteiger charge is -2.17. The molecule has 1 aromatic heterocycles. The molecule has 1 amide bonds. The summed E-state index contributed by atoms with van der Waals surface area (Å²) in [5.74, 6) is -0.0168. The van der Waals surface area contributed by atoms with Gasteiger partial charge in [0.25, 0.3) is 5.91 Å². The molecule has 0 radical (unpaired) electrons. The topological polar surface area (TPSA) is 59.2 Å². The molecule has 0 spiro atoms. The molecule has 0 saturated carbocycles. The van der Waals surface area contributed by atoms with Crippen LogP contribution in [0.25, 0.3) is 0 Å². The van der Waals surface area contributed by atoms with Gasteiger partial charge in [-0.25, -0.2) is 0 Å². The van der Waals surface area contributed by atoms with Crippen molar-refractivity contribution in [2.75, 3.05) is 17.2 Å². The second-order valence-corrected chi connectivity index (χ2v) is 4.74. The van der Waals surface area contributed by atoms with Crippen LogP contribution >= 0.6 is 0 Å². The van der Waals surface area contributed by atoms with E-state index in [1.807, 2.05) is 37.3 Å². The number of amides is 1.